The Hall–Kier alpha value is -0.770. The van der Waals surface area contributed by atoms with Crippen LogP contribution in [0.2, 0.25) is 0 Å². The van der Waals surface area contributed by atoms with Crippen LogP contribution in [0.5, 0.6) is 0 Å². The Bertz CT molecular complexity index is 326. The van der Waals surface area contributed by atoms with Gasteiger partial charge in [-0.1, -0.05) is 6.92 Å². The second kappa shape index (κ2) is 5.35. The van der Waals surface area contributed by atoms with Crippen LogP contribution in [0.4, 0.5) is 11.5 Å². The summed E-state index contributed by atoms with van der Waals surface area (Å²) in [6.07, 6.45) is 2.88. The Balaban J connectivity index is 3.00. The third-order valence-corrected chi connectivity index (χ3v) is 2.66. The van der Waals surface area contributed by atoms with Gasteiger partial charge in [-0.15, -0.1) is 0 Å². The molecule has 84 valence electrons. The number of aromatic nitrogens is 1. The van der Waals surface area contributed by atoms with Gasteiger partial charge in [0.15, 0.2) is 5.82 Å². The second-order valence-electron chi connectivity index (χ2n) is 3.85. The fraction of sp³-hybridized carbons (Fsp3) is 0.545. The van der Waals surface area contributed by atoms with Crippen LogP contribution >= 0.6 is 15.9 Å². The van der Waals surface area contributed by atoms with Gasteiger partial charge in [-0.3, -0.25) is 0 Å². The van der Waals surface area contributed by atoms with Crippen molar-refractivity contribution in [2.75, 3.05) is 17.2 Å². The second-order valence-corrected chi connectivity index (χ2v) is 4.77. The zero-order valence-electron chi connectivity index (χ0n) is 9.50. The highest BCUT2D eigenvalue weighted by atomic mass is 79.9. The van der Waals surface area contributed by atoms with Crippen molar-refractivity contribution in [3.05, 3.63) is 16.7 Å². The number of anilines is 2. The standard InChI is InChI=1S/C11H18BrN3/c1-4-5-15(8(2)3)11-10(13)6-9(12)7-14-11/h6-8H,4-5,13H2,1-3H3. The minimum absolute atomic E-state index is 0.418. The molecule has 0 saturated heterocycles. The maximum absolute atomic E-state index is 5.96. The molecule has 0 aromatic carbocycles. The Morgan fingerprint density at radius 1 is 1.53 bits per heavy atom. The van der Waals surface area contributed by atoms with E-state index in [-0.39, 0.29) is 0 Å². The summed E-state index contributed by atoms with van der Waals surface area (Å²) in [7, 11) is 0. The van der Waals surface area contributed by atoms with Crippen molar-refractivity contribution in [1.82, 2.24) is 4.98 Å². The van der Waals surface area contributed by atoms with E-state index in [1.165, 1.54) is 0 Å². The maximum Gasteiger partial charge on any atom is 0.152 e. The van der Waals surface area contributed by atoms with E-state index < -0.39 is 0 Å². The van der Waals surface area contributed by atoms with Crippen molar-refractivity contribution in [3.8, 4) is 0 Å². The van der Waals surface area contributed by atoms with Gasteiger partial charge < -0.3 is 10.6 Å². The van der Waals surface area contributed by atoms with Crippen LogP contribution in [0.1, 0.15) is 27.2 Å². The fourth-order valence-corrected chi connectivity index (χ4v) is 1.89. The van der Waals surface area contributed by atoms with E-state index in [0.717, 1.165) is 28.9 Å². The number of nitrogen functional groups attached to an aromatic ring is 1. The number of nitrogens with zero attached hydrogens (tertiary/aromatic N) is 2. The van der Waals surface area contributed by atoms with E-state index in [1.807, 2.05) is 6.07 Å². The lowest BCUT2D eigenvalue weighted by Gasteiger charge is -2.28. The molecule has 0 aliphatic rings. The van der Waals surface area contributed by atoms with Gasteiger partial charge in [0.1, 0.15) is 0 Å². The summed E-state index contributed by atoms with van der Waals surface area (Å²) in [5, 5.41) is 0. The van der Waals surface area contributed by atoms with Crippen molar-refractivity contribution in [3.63, 3.8) is 0 Å². The van der Waals surface area contributed by atoms with Gasteiger partial charge in [-0.2, -0.15) is 0 Å². The average molecular weight is 272 g/mol. The molecule has 0 fully saturated rings. The smallest absolute Gasteiger partial charge is 0.152 e. The van der Waals surface area contributed by atoms with Gasteiger partial charge in [0.05, 0.1) is 5.69 Å². The summed E-state index contributed by atoms with van der Waals surface area (Å²) in [6, 6.07) is 2.31. The van der Waals surface area contributed by atoms with Gasteiger partial charge in [-0.25, -0.2) is 4.98 Å². The zero-order valence-corrected chi connectivity index (χ0v) is 11.1. The summed E-state index contributed by atoms with van der Waals surface area (Å²) in [5.41, 5.74) is 6.68. The molecule has 15 heavy (non-hydrogen) atoms. The molecule has 3 nitrogen and oxygen atoms in total. The molecular formula is C11H18BrN3. The predicted octanol–water partition coefficient (Wildman–Crippen LogP) is 3.05. The minimum Gasteiger partial charge on any atom is -0.396 e. The number of hydrogen-bond donors (Lipinski definition) is 1. The number of rotatable bonds is 4. The molecular weight excluding hydrogens is 254 g/mol. The monoisotopic (exact) mass is 271 g/mol. The van der Waals surface area contributed by atoms with E-state index in [9.17, 15) is 0 Å². The summed E-state index contributed by atoms with van der Waals surface area (Å²) in [5.74, 6) is 0.884. The number of halogens is 1. The summed E-state index contributed by atoms with van der Waals surface area (Å²) in [4.78, 5) is 6.60. The highest BCUT2D eigenvalue weighted by molar-refractivity contribution is 9.10. The van der Waals surface area contributed by atoms with Gasteiger partial charge in [-0.05, 0) is 42.3 Å². The van der Waals surface area contributed by atoms with Crippen molar-refractivity contribution < 1.29 is 0 Å². The first-order chi connectivity index (χ1) is 7.06. The predicted molar refractivity (Wildman–Crippen MR) is 69.1 cm³/mol. The van der Waals surface area contributed by atoms with Gasteiger partial charge >= 0.3 is 0 Å². The number of pyridine rings is 1. The third-order valence-electron chi connectivity index (χ3n) is 2.22. The van der Waals surface area contributed by atoms with Crippen LogP contribution in [-0.2, 0) is 0 Å². The van der Waals surface area contributed by atoms with Crippen LogP contribution < -0.4 is 10.6 Å². The highest BCUT2D eigenvalue weighted by Gasteiger charge is 2.13. The van der Waals surface area contributed by atoms with Crippen LogP contribution in [0, 0.1) is 0 Å². The Morgan fingerprint density at radius 2 is 2.20 bits per heavy atom. The molecule has 0 saturated carbocycles. The van der Waals surface area contributed by atoms with Gasteiger partial charge in [0.25, 0.3) is 0 Å². The first-order valence-electron chi connectivity index (χ1n) is 5.24. The lowest BCUT2D eigenvalue weighted by Crippen LogP contribution is -2.32. The van der Waals surface area contributed by atoms with Crippen LogP contribution in [0.15, 0.2) is 16.7 Å². The zero-order chi connectivity index (χ0) is 11.4. The third kappa shape index (κ3) is 3.09. The molecule has 2 N–H and O–H groups in total. The van der Waals surface area contributed by atoms with E-state index in [2.05, 4.69) is 46.6 Å². The van der Waals surface area contributed by atoms with Crippen LogP contribution in [0.25, 0.3) is 0 Å². The lowest BCUT2D eigenvalue weighted by molar-refractivity contribution is 0.663. The minimum atomic E-state index is 0.418. The molecule has 0 spiro atoms. The van der Waals surface area contributed by atoms with Gasteiger partial charge in [0, 0.05) is 23.3 Å². The molecule has 0 radical (unpaired) electrons. The Labute approximate surface area is 99.8 Å². The first-order valence-corrected chi connectivity index (χ1v) is 6.03. The number of nitrogens with two attached hydrogens (primary N) is 1. The molecule has 1 heterocycles. The highest BCUT2D eigenvalue weighted by Crippen LogP contribution is 2.25. The molecule has 0 bridgehead atoms. The Morgan fingerprint density at radius 3 is 2.67 bits per heavy atom. The van der Waals surface area contributed by atoms with Gasteiger partial charge in [0.2, 0.25) is 0 Å². The quantitative estimate of drug-likeness (QED) is 0.916. The van der Waals surface area contributed by atoms with E-state index in [0.29, 0.717) is 6.04 Å². The van der Waals surface area contributed by atoms with Crippen molar-refractivity contribution in [1.29, 1.82) is 0 Å². The van der Waals surface area contributed by atoms with Crippen LogP contribution in [0.3, 0.4) is 0 Å². The molecule has 0 atom stereocenters. The van der Waals surface area contributed by atoms with Crippen molar-refractivity contribution >= 4 is 27.4 Å². The average Bonchev–Trinajstić information content (AvgIpc) is 2.15. The Kier molecular flexibility index (Phi) is 4.39. The molecule has 1 aromatic heterocycles. The lowest BCUT2D eigenvalue weighted by atomic mass is 10.2. The SMILES string of the molecule is CCCN(c1ncc(Br)cc1N)C(C)C. The molecule has 0 unspecified atom stereocenters. The normalized spacial score (nSPS) is 10.7. The molecule has 0 aliphatic carbocycles. The molecule has 0 aliphatic heterocycles. The van der Waals surface area contributed by atoms with E-state index in [4.69, 9.17) is 5.73 Å². The fourth-order valence-electron chi connectivity index (χ4n) is 1.54. The largest absolute Gasteiger partial charge is 0.396 e. The molecule has 0 amide bonds. The summed E-state index contributed by atoms with van der Waals surface area (Å²) < 4.78 is 0.920. The van der Waals surface area contributed by atoms with Crippen molar-refractivity contribution in [2.24, 2.45) is 0 Å². The van der Waals surface area contributed by atoms with Crippen LogP contribution in [-0.4, -0.2) is 17.6 Å². The molecule has 1 aromatic rings. The number of hydrogen-bond acceptors (Lipinski definition) is 3. The molecule has 1 rings (SSSR count). The van der Waals surface area contributed by atoms with E-state index >= 15 is 0 Å². The first kappa shape index (κ1) is 12.3. The summed E-state index contributed by atoms with van der Waals surface area (Å²) >= 11 is 3.36. The van der Waals surface area contributed by atoms with E-state index in [1.54, 1.807) is 6.20 Å². The van der Waals surface area contributed by atoms with Crippen molar-refractivity contribution in [2.45, 2.75) is 33.2 Å². The molecule has 4 heteroatoms. The summed E-state index contributed by atoms with van der Waals surface area (Å²) in [6.45, 7) is 7.44. The maximum atomic E-state index is 5.96. The topological polar surface area (TPSA) is 42.2 Å².